The second-order valence-corrected chi connectivity index (χ2v) is 4.42. The van der Waals surface area contributed by atoms with Crippen molar-refractivity contribution >= 4 is 10.9 Å². The molecule has 0 amide bonds. The first-order valence-electron chi connectivity index (χ1n) is 6.37. The fourth-order valence-electron chi connectivity index (χ4n) is 2.17. The summed E-state index contributed by atoms with van der Waals surface area (Å²) in [5.41, 5.74) is 2.10. The maximum atomic E-state index is 9.95. The summed E-state index contributed by atoms with van der Waals surface area (Å²) in [7, 11) is 1.65. The summed E-state index contributed by atoms with van der Waals surface area (Å²) in [6.45, 7) is 3.49. The van der Waals surface area contributed by atoms with E-state index in [1.165, 1.54) is 0 Å². The third-order valence-electron chi connectivity index (χ3n) is 3.12. The van der Waals surface area contributed by atoms with Gasteiger partial charge < -0.3 is 9.84 Å². The van der Waals surface area contributed by atoms with Crippen LogP contribution in [0.3, 0.4) is 0 Å². The van der Waals surface area contributed by atoms with Gasteiger partial charge in [-0.25, -0.2) is 0 Å². The smallest absolute Gasteiger partial charge is 0.0729 e. The van der Waals surface area contributed by atoms with Crippen molar-refractivity contribution in [3.63, 3.8) is 0 Å². The van der Waals surface area contributed by atoms with Crippen molar-refractivity contribution in [1.82, 2.24) is 9.78 Å². The Labute approximate surface area is 107 Å². The highest BCUT2D eigenvalue weighted by molar-refractivity contribution is 5.81. The Kier molecular flexibility index (Phi) is 4.33. The average molecular weight is 248 g/mol. The van der Waals surface area contributed by atoms with Crippen molar-refractivity contribution < 1.29 is 9.84 Å². The van der Waals surface area contributed by atoms with Crippen molar-refractivity contribution in [3.05, 3.63) is 30.0 Å². The van der Waals surface area contributed by atoms with Crippen LogP contribution in [0.5, 0.6) is 0 Å². The van der Waals surface area contributed by atoms with E-state index in [-0.39, 0.29) is 0 Å². The Hall–Kier alpha value is -1.39. The fraction of sp³-hybridized carbons (Fsp3) is 0.500. The van der Waals surface area contributed by atoms with Gasteiger partial charge in [-0.05, 0) is 19.4 Å². The topological polar surface area (TPSA) is 47.3 Å². The first-order valence-corrected chi connectivity index (χ1v) is 6.37. The monoisotopic (exact) mass is 248 g/mol. The highest BCUT2D eigenvalue weighted by Gasteiger charge is 2.13. The van der Waals surface area contributed by atoms with Crippen molar-refractivity contribution in [2.75, 3.05) is 13.7 Å². The molecule has 2 rings (SSSR count). The molecule has 98 valence electrons. The lowest BCUT2D eigenvalue weighted by molar-refractivity contribution is 0.109. The standard InChI is InChI=1S/C14H20N2O2/c1-3-16-14-7-5-4-6-12(14)13(15-16)10-11(17)8-9-18-2/h4-7,11,17H,3,8-10H2,1-2H3. The molecule has 0 aliphatic carbocycles. The van der Waals surface area contributed by atoms with Crippen LogP contribution < -0.4 is 0 Å². The van der Waals surface area contributed by atoms with E-state index in [1.54, 1.807) is 7.11 Å². The van der Waals surface area contributed by atoms with Gasteiger partial charge in [0.2, 0.25) is 0 Å². The van der Waals surface area contributed by atoms with E-state index in [1.807, 2.05) is 16.8 Å². The number of ether oxygens (including phenoxy) is 1. The van der Waals surface area contributed by atoms with Crippen LogP contribution in [0.4, 0.5) is 0 Å². The van der Waals surface area contributed by atoms with E-state index in [0.29, 0.717) is 19.4 Å². The predicted molar refractivity (Wildman–Crippen MR) is 71.6 cm³/mol. The van der Waals surface area contributed by atoms with E-state index < -0.39 is 6.10 Å². The lowest BCUT2D eigenvalue weighted by Gasteiger charge is -2.07. The highest BCUT2D eigenvalue weighted by atomic mass is 16.5. The van der Waals surface area contributed by atoms with Gasteiger partial charge >= 0.3 is 0 Å². The molecule has 0 saturated carbocycles. The number of aliphatic hydroxyl groups is 1. The van der Waals surface area contributed by atoms with Crippen molar-refractivity contribution in [2.24, 2.45) is 0 Å². The molecule has 0 saturated heterocycles. The number of hydrogen-bond acceptors (Lipinski definition) is 3. The van der Waals surface area contributed by atoms with E-state index in [9.17, 15) is 5.11 Å². The fourth-order valence-corrected chi connectivity index (χ4v) is 2.17. The summed E-state index contributed by atoms with van der Waals surface area (Å²) >= 11 is 0. The number of benzene rings is 1. The number of nitrogens with zero attached hydrogens (tertiary/aromatic N) is 2. The maximum Gasteiger partial charge on any atom is 0.0729 e. The largest absolute Gasteiger partial charge is 0.393 e. The van der Waals surface area contributed by atoms with Crippen molar-refractivity contribution in [1.29, 1.82) is 0 Å². The van der Waals surface area contributed by atoms with Crippen LogP contribution in [0.2, 0.25) is 0 Å². The molecule has 4 heteroatoms. The molecule has 1 heterocycles. The van der Waals surface area contributed by atoms with E-state index in [4.69, 9.17) is 4.74 Å². The lowest BCUT2D eigenvalue weighted by atomic mass is 10.1. The molecular formula is C14H20N2O2. The summed E-state index contributed by atoms with van der Waals surface area (Å²) in [6.07, 6.45) is 0.828. The Morgan fingerprint density at radius 1 is 1.39 bits per heavy atom. The van der Waals surface area contributed by atoms with Gasteiger partial charge in [0.25, 0.3) is 0 Å². The Morgan fingerprint density at radius 3 is 2.89 bits per heavy atom. The van der Waals surface area contributed by atoms with Crippen molar-refractivity contribution in [2.45, 2.75) is 32.4 Å². The second kappa shape index (κ2) is 5.98. The molecule has 0 radical (unpaired) electrons. The van der Waals surface area contributed by atoms with Crippen LogP contribution in [-0.4, -0.2) is 34.7 Å². The molecule has 1 unspecified atom stereocenters. The average Bonchev–Trinajstić information content (AvgIpc) is 2.75. The normalized spacial score (nSPS) is 13.1. The molecule has 1 aromatic carbocycles. The number of aryl methyl sites for hydroxylation is 1. The predicted octanol–water partition coefficient (Wildman–Crippen LogP) is 2.00. The highest BCUT2D eigenvalue weighted by Crippen LogP contribution is 2.20. The Bertz CT molecular complexity index is 507. The number of aromatic nitrogens is 2. The molecule has 0 bridgehead atoms. The molecule has 2 aromatic rings. The Balaban J connectivity index is 2.22. The van der Waals surface area contributed by atoms with Crippen LogP contribution >= 0.6 is 0 Å². The maximum absolute atomic E-state index is 9.95. The van der Waals surface area contributed by atoms with E-state index in [2.05, 4.69) is 24.2 Å². The van der Waals surface area contributed by atoms with Crippen molar-refractivity contribution in [3.8, 4) is 0 Å². The molecule has 18 heavy (non-hydrogen) atoms. The van der Waals surface area contributed by atoms with Crippen LogP contribution in [0.15, 0.2) is 24.3 Å². The van der Waals surface area contributed by atoms with Gasteiger partial charge in [-0.2, -0.15) is 5.10 Å². The molecule has 1 atom stereocenters. The third-order valence-corrected chi connectivity index (χ3v) is 3.12. The second-order valence-electron chi connectivity index (χ2n) is 4.42. The minimum Gasteiger partial charge on any atom is -0.393 e. The first kappa shape index (κ1) is 13.1. The zero-order valence-corrected chi connectivity index (χ0v) is 11.0. The van der Waals surface area contributed by atoms with Crippen LogP contribution in [0.1, 0.15) is 19.0 Å². The van der Waals surface area contributed by atoms with Crippen LogP contribution in [-0.2, 0) is 17.7 Å². The van der Waals surface area contributed by atoms with Gasteiger partial charge in [0.1, 0.15) is 0 Å². The SMILES string of the molecule is CCn1nc(CC(O)CCOC)c2ccccc21. The van der Waals surface area contributed by atoms with Gasteiger partial charge in [0.15, 0.2) is 0 Å². The van der Waals surface area contributed by atoms with E-state index in [0.717, 1.165) is 23.1 Å². The van der Waals surface area contributed by atoms with Gasteiger partial charge in [0, 0.05) is 32.1 Å². The first-order chi connectivity index (χ1) is 8.76. The zero-order valence-electron chi connectivity index (χ0n) is 11.0. The van der Waals surface area contributed by atoms with Crippen LogP contribution in [0, 0.1) is 0 Å². The number of para-hydroxylation sites is 1. The molecular weight excluding hydrogens is 228 g/mol. The number of fused-ring (bicyclic) bond motifs is 1. The summed E-state index contributed by atoms with van der Waals surface area (Å²) < 4.78 is 6.96. The quantitative estimate of drug-likeness (QED) is 0.850. The van der Waals surface area contributed by atoms with E-state index >= 15 is 0 Å². The number of hydrogen-bond donors (Lipinski definition) is 1. The summed E-state index contributed by atoms with van der Waals surface area (Å²) in [5.74, 6) is 0. The lowest BCUT2D eigenvalue weighted by Crippen LogP contribution is -2.13. The summed E-state index contributed by atoms with van der Waals surface area (Å²) in [4.78, 5) is 0. The molecule has 0 spiro atoms. The van der Waals surface area contributed by atoms with Crippen LogP contribution in [0.25, 0.3) is 10.9 Å². The van der Waals surface area contributed by atoms with Gasteiger partial charge in [-0.1, -0.05) is 18.2 Å². The van der Waals surface area contributed by atoms with Gasteiger partial charge in [0.05, 0.1) is 17.3 Å². The minimum atomic E-state index is -0.395. The molecule has 0 aliphatic heterocycles. The number of rotatable bonds is 6. The zero-order chi connectivity index (χ0) is 13.0. The molecule has 0 fully saturated rings. The molecule has 1 N–H and O–H groups in total. The van der Waals surface area contributed by atoms with Gasteiger partial charge in [-0.3, -0.25) is 4.68 Å². The molecule has 4 nitrogen and oxygen atoms in total. The Morgan fingerprint density at radius 2 is 2.17 bits per heavy atom. The summed E-state index contributed by atoms with van der Waals surface area (Å²) in [5, 5.41) is 15.7. The third kappa shape index (κ3) is 2.71. The minimum absolute atomic E-state index is 0.395. The number of methoxy groups -OCH3 is 1. The molecule has 0 aliphatic rings. The number of aliphatic hydroxyl groups excluding tert-OH is 1. The summed E-state index contributed by atoms with van der Waals surface area (Å²) in [6, 6.07) is 8.15. The van der Waals surface area contributed by atoms with Gasteiger partial charge in [-0.15, -0.1) is 0 Å². The molecule has 1 aromatic heterocycles.